The smallest absolute Gasteiger partial charge is 0.336 e. The van der Waals surface area contributed by atoms with Gasteiger partial charge in [0.2, 0.25) is 0 Å². The van der Waals surface area contributed by atoms with Crippen LogP contribution in [0.25, 0.3) is 0 Å². The third kappa shape index (κ3) is 5.75. The van der Waals surface area contributed by atoms with Crippen molar-refractivity contribution in [1.29, 1.82) is 0 Å². The van der Waals surface area contributed by atoms with E-state index < -0.39 is 23.8 Å². The quantitative estimate of drug-likeness (QED) is 0.436. The molecule has 1 unspecified atom stereocenters. The van der Waals surface area contributed by atoms with Crippen molar-refractivity contribution in [2.45, 2.75) is 19.8 Å². The van der Waals surface area contributed by atoms with Crippen LogP contribution in [-0.4, -0.2) is 50.2 Å². The minimum atomic E-state index is -0.868. The molecule has 1 aliphatic rings. The van der Waals surface area contributed by atoms with E-state index in [0.717, 1.165) is 0 Å². The Balaban J connectivity index is 2.67. The number of methoxy groups -OCH3 is 2. The fourth-order valence-electron chi connectivity index (χ4n) is 3.19. The van der Waals surface area contributed by atoms with Gasteiger partial charge in [-0.15, -0.1) is 11.8 Å². The van der Waals surface area contributed by atoms with Gasteiger partial charge in [-0.3, -0.25) is 4.79 Å². The Morgan fingerprint density at radius 2 is 1.81 bits per heavy atom. The van der Waals surface area contributed by atoms with Gasteiger partial charge in [-0.2, -0.15) is 0 Å². The lowest BCUT2D eigenvalue weighted by atomic mass is 9.80. The number of halogens is 2. The Kier molecular flexibility index (Phi) is 9.28. The molecule has 168 valence electrons. The van der Waals surface area contributed by atoms with Crippen molar-refractivity contribution in [3.8, 4) is 0 Å². The molecule has 0 amide bonds. The summed E-state index contributed by atoms with van der Waals surface area (Å²) >= 11 is 14.0. The number of benzene rings is 1. The Morgan fingerprint density at radius 1 is 1.10 bits per heavy atom. The Hall–Kier alpha value is -2.16. The highest BCUT2D eigenvalue weighted by Crippen LogP contribution is 2.44. The van der Waals surface area contributed by atoms with Crippen molar-refractivity contribution in [3.05, 3.63) is 56.3 Å². The maximum Gasteiger partial charge on any atom is 0.336 e. The molecule has 0 saturated heterocycles. The van der Waals surface area contributed by atoms with Crippen LogP contribution in [0.15, 0.2) is 40.7 Å². The van der Waals surface area contributed by atoms with Gasteiger partial charge in [0.1, 0.15) is 0 Å². The summed E-state index contributed by atoms with van der Waals surface area (Å²) in [6.45, 7) is 3.52. The first-order valence-electron chi connectivity index (χ1n) is 9.31. The van der Waals surface area contributed by atoms with Gasteiger partial charge in [-0.05, 0) is 25.5 Å². The maximum absolute atomic E-state index is 13.0. The number of dihydropyridines is 1. The minimum Gasteiger partial charge on any atom is -0.468 e. The fraction of sp³-hybridized carbons (Fsp3) is 0.381. The molecule has 0 fully saturated rings. The van der Waals surface area contributed by atoms with E-state index >= 15 is 0 Å². The fourth-order valence-corrected chi connectivity index (χ4v) is 4.43. The number of allylic oxidation sites excluding steroid dienone is 1. The lowest BCUT2D eigenvalue weighted by Crippen LogP contribution is -2.34. The van der Waals surface area contributed by atoms with Gasteiger partial charge in [0.15, 0.2) is 0 Å². The number of carbonyl (C=O) groups excluding carboxylic acids is 3. The highest BCUT2D eigenvalue weighted by molar-refractivity contribution is 8.00. The Labute approximate surface area is 195 Å². The van der Waals surface area contributed by atoms with Crippen LogP contribution < -0.4 is 5.32 Å². The Bertz CT molecular complexity index is 944. The summed E-state index contributed by atoms with van der Waals surface area (Å²) in [5, 5.41) is 3.60. The number of esters is 3. The SMILES string of the molecule is CCOC(=O)C1=C(CSCC(=O)OC)NC(C)=C(C(=O)OC)C1c1cccc(Cl)c1Cl. The molecule has 1 atom stereocenters. The molecule has 2 rings (SSSR count). The number of thioether (sulfide) groups is 1. The predicted molar refractivity (Wildman–Crippen MR) is 120 cm³/mol. The first-order valence-corrected chi connectivity index (χ1v) is 11.2. The Morgan fingerprint density at radius 3 is 2.42 bits per heavy atom. The molecule has 1 heterocycles. The molecule has 31 heavy (non-hydrogen) atoms. The molecule has 7 nitrogen and oxygen atoms in total. The summed E-state index contributed by atoms with van der Waals surface area (Å²) in [6, 6.07) is 4.99. The van der Waals surface area contributed by atoms with Gasteiger partial charge in [0, 0.05) is 17.1 Å². The van der Waals surface area contributed by atoms with Gasteiger partial charge in [0.05, 0.1) is 53.7 Å². The molecule has 0 spiro atoms. The molecule has 1 aliphatic heterocycles. The van der Waals surface area contributed by atoms with Crippen LogP contribution in [-0.2, 0) is 28.6 Å². The summed E-state index contributed by atoms with van der Waals surface area (Å²) in [4.78, 5) is 37.2. The van der Waals surface area contributed by atoms with Crippen molar-refractivity contribution < 1.29 is 28.6 Å². The molecule has 1 aromatic carbocycles. The molecule has 0 saturated carbocycles. The standard InChI is InChI=1S/C21H23Cl2NO6S/c1-5-30-21(27)18-14(9-31-10-15(25)28-3)24-11(2)16(20(26)29-4)17(18)12-7-6-8-13(22)19(12)23/h6-8,17,24H,5,9-10H2,1-4H3. The summed E-state index contributed by atoms with van der Waals surface area (Å²) in [5.41, 5.74) is 1.88. The summed E-state index contributed by atoms with van der Waals surface area (Å²) in [7, 11) is 2.56. The number of ether oxygens (including phenoxy) is 3. The molecule has 1 N–H and O–H groups in total. The van der Waals surface area contributed by atoms with Crippen LogP contribution in [0.2, 0.25) is 10.0 Å². The minimum absolute atomic E-state index is 0.0903. The van der Waals surface area contributed by atoms with E-state index in [2.05, 4.69) is 10.1 Å². The van der Waals surface area contributed by atoms with E-state index in [9.17, 15) is 14.4 Å². The lowest BCUT2D eigenvalue weighted by molar-refractivity contribution is -0.139. The zero-order valence-electron chi connectivity index (χ0n) is 17.5. The summed E-state index contributed by atoms with van der Waals surface area (Å²) < 4.78 is 14.9. The number of rotatable bonds is 8. The topological polar surface area (TPSA) is 90.9 Å². The summed E-state index contributed by atoms with van der Waals surface area (Å²) in [5.74, 6) is -2.13. The van der Waals surface area contributed by atoms with E-state index in [1.165, 1.54) is 26.0 Å². The predicted octanol–water partition coefficient (Wildman–Crippen LogP) is 3.85. The van der Waals surface area contributed by atoms with Crippen LogP contribution >= 0.6 is 35.0 Å². The van der Waals surface area contributed by atoms with Crippen LogP contribution in [0.3, 0.4) is 0 Å². The number of carbonyl (C=O) groups is 3. The highest BCUT2D eigenvalue weighted by Gasteiger charge is 2.39. The lowest BCUT2D eigenvalue weighted by Gasteiger charge is -2.31. The van der Waals surface area contributed by atoms with Crippen molar-refractivity contribution in [2.75, 3.05) is 32.3 Å². The molecule has 0 aliphatic carbocycles. The van der Waals surface area contributed by atoms with Crippen LogP contribution in [0.1, 0.15) is 25.3 Å². The van der Waals surface area contributed by atoms with E-state index in [0.29, 0.717) is 17.0 Å². The second-order valence-electron chi connectivity index (χ2n) is 6.41. The summed E-state index contributed by atoms with van der Waals surface area (Å²) in [6.07, 6.45) is 0. The zero-order valence-corrected chi connectivity index (χ0v) is 19.9. The number of hydrogen-bond donors (Lipinski definition) is 1. The molecule has 0 aromatic heterocycles. The zero-order chi connectivity index (χ0) is 23.1. The normalized spacial score (nSPS) is 16.0. The first kappa shape index (κ1) is 25.1. The van der Waals surface area contributed by atoms with Crippen LogP contribution in [0.5, 0.6) is 0 Å². The third-order valence-corrected chi connectivity index (χ3v) is 6.30. The number of hydrogen-bond acceptors (Lipinski definition) is 8. The largest absolute Gasteiger partial charge is 0.468 e. The van der Waals surface area contributed by atoms with Crippen LogP contribution in [0.4, 0.5) is 0 Å². The first-order chi connectivity index (χ1) is 14.8. The molecular weight excluding hydrogens is 465 g/mol. The van der Waals surface area contributed by atoms with Crippen molar-refractivity contribution in [2.24, 2.45) is 0 Å². The van der Waals surface area contributed by atoms with E-state index in [4.69, 9.17) is 32.7 Å². The second-order valence-corrected chi connectivity index (χ2v) is 8.18. The van der Waals surface area contributed by atoms with Gasteiger partial charge in [-0.1, -0.05) is 35.3 Å². The number of nitrogens with one attached hydrogen (secondary N) is 1. The average Bonchev–Trinajstić information content (AvgIpc) is 2.74. The second kappa shape index (κ2) is 11.5. The molecule has 10 heteroatoms. The van der Waals surface area contributed by atoms with Crippen molar-refractivity contribution >= 4 is 52.9 Å². The van der Waals surface area contributed by atoms with Crippen molar-refractivity contribution in [3.63, 3.8) is 0 Å². The van der Waals surface area contributed by atoms with Gasteiger partial charge in [-0.25, -0.2) is 9.59 Å². The molecule has 0 radical (unpaired) electrons. The van der Waals surface area contributed by atoms with E-state index in [1.807, 2.05) is 0 Å². The van der Waals surface area contributed by atoms with Crippen LogP contribution in [0, 0.1) is 0 Å². The van der Waals surface area contributed by atoms with Gasteiger partial charge >= 0.3 is 17.9 Å². The molecular formula is C21H23Cl2NO6S. The van der Waals surface area contributed by atoms with Gasteiger partial charge in [0.25, 0.3) is 0 Å². The van der Waals surface area contributed by atoms with E-state index in [1.54, 1.807) is 32.0 Å². The highest BCUT2D eigenvalue weighted by atomic mass is 35.5. The van der Waals surface area contributed by atoms with E-state index in [-0.39, 0.29) is 39.3 Å². The molecule has 1 aromatic rings. The maximum atomic E-state index is 13.0. The van der Waals surface area contributed by atoms with Gasteiger partial charge < -0.3 is 19.5 Å². The molecule has 0 bridgehead atoms. The third-order valence-electron chi connectivity index (χ3n) is 4.53. The monoisotopic (exact) mass is 487 g/mol. The average molecular weight is 488 g/mol. The van der Waals surface area contributed by atoms with Crippen molar-refractivity contribution in [1.82, 2.24) is 5.32 Å².